The third-order valence-electron chi connectivity index (χ3n) is 5.17. The number of carbonyl (C=O) groups is 1. The van der Waals surface area contributed by atoms with Crippen LogP contribution in [0, 0.1) is 0 Å². The van der Waals surface area contributed by atoms with Gasteiger partial charge in [0.1, 0.15) is 0 Å². The second-order valence-electron chi connectivity index (χ2n) is 7.68. The number of nitrogens with two attached hydrogens (primary N) is 1. The molecule has 1 amide bonds. The first-order chi connectivity index (χ1) is 15.2. The summed E-state index contributed by atoms with van der Waals surface area (Å²) in [6.45, 7) is 2.95. The lowest BCUT2D eigenvalue weighted by atomic mass is 10.1. The van der Waals surface area contributed by atoms with Crippen LogP contribution in [-0.2, 0) is 6.54 Å². The molecule has 0 aliphatic carbocycles. The van der Waals surface area contributed by atoms with Crippen molar-refractivity contribution >= 4 is 17.5 Å². The van der Waals surface area contributed by atoms with Crippen LogP contribution in [0.3, 0.4) is 0 Å². The molecule has 0 saturated carbocycles. The monoisotopic (exact) mass is 439 g/mol. The Kier molecular flexibility index (Phi) is 5.60. The molecule has 8 nitrogen and oxygen atoms in total. The van der Waals surface area contributed by atoms with Crippen molar-refractivity contribution in [3.05, 3.63) is 66.1 Å². The van der Waals surface area contributed by atoms with Gasteiger partial charge >= 0.3 is 0 Å². The Bertz CT molecular complexity index is 1240. The number of alkyl halides is 2. The maximum absolute atomic E-state index is 13.8. The van der Waals surface area contributed by atoms with Crippen LogP contribution in [0.4, 0.5) is 14.7 Å². The maximum atomic E-state index is 13.8. The van der Waals surface area contributed by atoms with Crippen LogP contribution >= 0.6 is 0 Å². The van der Waals surface area contributed by atoms with Crippen molar-refractivity contribution in [2.24, 2.45) is 0 Å². The molecule has 1 atom stereocenters. The highest BCUT2D eigenvalue weighted by Crippen LogP contribution is 2.25. The first-order valence-corrected chi connectivity index (χ1v) is 10.2. The molecule has 3 aromatic heterocycles. The van der Waals surface area contributed by atoms with Gasteiger partial charge in [-0.15, -0.1) is 5.10 Å². The van der Waals surface area contributed by atoms with Crippen molar-refractivity contribution in [1.82, 2.24) is 29.7 Å². The molecule has 0 bridgehead atoms. The highest BCUT2D eigenvalue weighted by Gasteiger charge is 2.34. The SMILES string of the molecule is CC[C@H](NC(=O)c1cc(-c2cnn(Cc3ccccc3)c2)cn2nc(N)nc12)C(C)(F)F. The average molecular weight is 439 g/mol. The molecule has 3 N–H and O–H groups in total. The number of hydrogen-bond acceptors (Lipinski definition) is 5. The first-order valence-electron chi connectivity index (χ1n) is 10.2. The Morgan fingerprint density at radius 2 is 1.97 bits per heavy atom. The number of halogens is 2. The molecule has 0 aliphatic rings. The van der Waals surface area contributed by atoms with Gasteiger partial charge in [0.15, 0.2) is 5.65 Å². The number of carbonyl (C=O) groups excluding carboxylic acids is 1. The number of nitrogens with one attached hydrogen (secondary N) is 1. The Labute approximate surface area is 183 Å². The zero-order valence-corrected chi connectivity index (χ0v) is 17.7. The summed E-state index contributed by atoms with van der Waals surface area (Å²) in [5.74, 6) is -3.76. The molecule has 10 heteroatoms. The van der Waals surface area contributed by atoms with Crippen LogP contribution < -0.4 is 11.1 Å². The van der Waals surface area contributed by atoms with Gasteiger partial charge in [-0.05, 0) is 18.1 Å². The van der Waals surface area contributed by atoms with E-state index < -0.39 is 17.9 Å². The van der Waals surface area contributed by atoms with E-state index in [4.69, 9.17) is 5.73 Å². The molecule has 0 saturated heterocycles. The summed E-state index contributed by atoms with van der Waals surface area (Å²) in [5.41, 5.74) is 8.47. The van der Waals surface area contributed by atoms with Crippen molar-refractivity contribution in [2.45, 2.75) is 38.8 Å². The van der Waals surface area contributed by atoms with E-state index in [-0.39, 0.29) is 23.6 Å². The topological polar surface area (TPSA) is 103 Å². The van der Waals surface area contributed by atoms with Crippen LogP contribution in [0.2, 0.25) is 0 Å². The molecule has 166 valence electrons. The zero-order chi connectivity index (χ0) is 22.9. The van der Waals surface area contributed by atoms with Gasteiger partial charge in [0.2, 0.25) is 5.95 Å². The van der Waals surface area contributed by atoms with E-state index in [1.165, 1.54) is 4.52 Å². The van der Waals surface area contributed by atoms with E-state index >= 15 is 0 Å². The minimum atomic E-state index is -3.07. The summed E-state index contributed by atoms with van der Waals surface area (Å²) in [6.07, 6.45) is 5.25. The fraction of sp³-hybridized carbons (Fsp3) is 0.273. The lowest BCUT2D eigenvalue weighted by molar-refractivity contribution is -0.0178. The van der Waals surface area contributed by atoms with Crippen molar-refractivity contribution in [2.75, 3.05) is 5.73 Å². The van der Waals surface area contributed by atoms with Gasteiger partial charge in [0.05, 0.1) is 24.3 Å². The molecule has 0 radical (unpaired) electrons. The second-order valence-corrected chi connectivity index (χ2v) is 7.68. The number of anilines is 1. The fourth-order valence-electron chi connectivity index (χ4n) is 3.52. The van der Waals surface area contributed by atoms with Crippen LogP contribution in [0.15, 0.2) is 55.0 Å². The van der Waals surface area contributed by atoms with Gasteiger partial charge in [-0.2, -0.15) is 10.1 Å². The average Bonchev–Trinajstić information content (AvgIpc) is 3.36. The van der Waals surface area contributed by atoms with E-state index in [9.17, 15) is 13.6 Å². The number of pyridine rings is 1. The lowest BCUT2D eigenvalue weighted by Crippen LogP contribution is -2.45. The van der Waals surface area contributed by atoms with Crippen molar-refractivity contribution in [3.63, 3.8) is 0 Å². The number of aromatic nitrogens is 5. The van der Waals surface area contributed by atoms with E-state index in [1.54, 1.807) is 30.1 Å². The van der Waals surface area contributed by atoms with E-state index in [1.807, 2.05) is 36.5 Å². The summed E-state index contributed by atoms with van der Waals surface area (Å²) >= 11 is 0. The van der Waals surface area contributed by atoms with Gasteiger partial charge in [-0.25, -0.2) is 13.3 Å². The van der Waals surface area contributed by atoms with Crippen LogP contribution in [-0.4, -0.2) is 42.3 Å². The highest BCUT2D eigenvalue weighted by atomic mass is 19.3. The van der Waals surface area contributed by atoms with Crippen LogP contribution in [0.1, 0.15) is 36.2 Å². The number of nitrogens with zero attached hydrogens (tertiary/aromatic N) is 5. The molecule has 1 aromatic carbocycles. The Hall–Kier alpha value is -3.82. The van der Waals surface area contributed by atoms with Crippen molar-refractivity contribution in [3.8, 4) is 11.1 Å². The number of rotatable bonds is 7. The minimum Gasteiger partial charge on any atom is -0.366 e. The Balaban J connectivity index is 1.69. The summed E-state index contributed by atoms with van der Waals surface area (Å²) in [7, 11) is 0. The number of fused-ring (bicyclic) bond motifs is 1. The van der Waals surface area contributed by atoms with Crippen molar-refractivity contribution < 1.29 is 13.6 Å². The Morgan fingerprint density at radius 3 is 2.66 bits per heavy atom. The summed E-state index contributed by atoms with van der Waals surface area (Å²) in [4.78, 5) is 17.0. The quantitative estimate of drug-likeness (QED) is 0.460. The lowest BCUT2D eigenvalue weighted by Gasteiger charge is -2.23. The predicted octanol–water partition coefficient (Wildman–Crippen LogP) is 3.39. The standard InChI is InChI=1S/C22H23F2N7O/c1-3-18(22(2,23)24)27-20(32)17-9-15(13-31-19(17)28-21(25)29-31)16-10-26-30(12-16)11-14-7-5-4-6-8-14/h4-10,12-13,18H,3,11H2,1-2H3,(H2,25,29)(H,27,32)/t18-/m0/s1. The third kappa shape index (κ3) is 4.43. The molecule has 0 unspecified atom stereocenters. The van der Waals surface area contributed by atoms with Crippen molar-refractivity contribution in [1.29, 1.82) is 0 Å². The van der Waals surface area contributed by atoms with Gasteiger partial charge in [-0.1, -0.05) is 37.3 Å². The van der Waals surface area contributed by atoms with Crippen LogP contribution in [0.25, 0.3) is 16.8 Å². The number of benzene rings is 1. The molecule has 4 rings (SSSR count). The van der Waals surface area contributed by atoms with E-state index in [2.05, 4.69) is 20.5 Å². The molecular weight excluding hydrogens is 416 g/mol. The van der Waals surface area contributed by atoms with E-state index in [0.717, 1.165) is 18.1 Å². The molecule has 0 spiro atoms. The Morgan fingerprint density at radius 1 is 1.22 bits per heavy atom. The molecule has 0 aliphatic heterocycles. The fourth-order valence-corrected chi connectivity index (χ4v) is 3.52. The van der Waals surface area contributed by atoms with Gasteiger partial charge in [-0.3, -0.25) is 9.48 Å². The normalized spacial score (nSPS) is 12.8. The highest BCUT2D eigenvalue weighted by molar-refractivity contribution is 6.01. The largest absolute Gasteiger partial charge is 0.366 e. The number of amides is 1. The minimum absolute atomic E-state index is 0.0242. The van der Waals surface area contributed by atoms with Gasteiger partial charge < -0.3 is 11.1 Å². The number of nitrogen functional groups attached to an aromatic ring is 1. The predicted molar refractivity (Wildman–Crippen MR) is 116 cm³/mol. The zero-order valence-electron chi connectivity index (χ0n) is 17.7. The summed E-state index contributed by atoms with van der Waals surface area (Å²) in [6, 6.07) is 10.1. The molecule has 4 aromatic rings. The molecule has 32 heavy (non-hydrogen) atoms. The third-order valence-corrected chi connectivity index (χ3v) is 5.17. The number of hydrogen-bond donors (Lipinski definition) is 2. The second kappa shape index (κ2) is 8.37. The smallest absolute Gasteiger partial charge is 0.265 e. The van der Waals surface area contributed by atoms with Crippen LogP contribution in [0.5, 0.6) is 0 Å². The molecule has 0 fully saturated rings. The van der Waals surface area contributed by atoms with Gasteiger partial charge in [0.25, 0.3) is 11.8 Å². The van der Waals surface area contributed by atoms with Gasteiger partial charge in [0, 0.05) is 30.4 Å². The summed E-state index contributed by atoms with van der Waals surface area (Å²) in [5, 5.41) is 10.9. The summed E-state index contributed by atoms with van der Waals surface area (Å²) < 4.78 is 30.8. The first kappa shape index (κ1) is 21.4. The maximum Gasteiger partial charge on any atom is 0.265 e. The van der Waals surface area contributed by atoms with E-state index in [0.29, 0.717) is 12.1 Å². The molecular formula is C22H23F2N7O. The molecule has 3 heterocycles.